The molecule has 0 saturated heterocycles. The lowest BCUT2D eigenvalue weighted by Gasteiger charge is -2.14. The first-order valence-electron chi connectivity index (χ1n) is 7.19. The fraction of sp³-hybridized carbons (Fsp3) is 0.312. The molecule has 0 unspecified atom stereocenters. The van der Waals surface area contributed by atoms with Crippen LogP contribution in [0.3, 0.4) is 0 Å². The average Bonchev–Trinajstić information content (AvgIpc) is 2.96. The minimum Gasteiger partial charge on any atom is -0.361 e. The number of carbonyl (C=O) groups is 2. The summed E-state index contributed by atoms with van der Waals surface area (Å²) in [5.41, 5.74) is 0.616. The van der Waals surface area contributed by atoms with E-state index < -0.39 is 11.8 Å². The van der Waals surface area contributed by atoms with Crippen LogP contribution < -0.4 is 5.32 Å². The van der Waals surface area contributed by atoms with E-state index in [1.165, 1.54) is 4.90 Å². The molecule has 2 aromatic rings. The van der Waals surface area contributed by atoms with Gasteiger partial charge >= 0.3 is 11.8 Å². The maximum absolute atomic E-state index is 12.0. The van der Waals surface area contributed by atoms with Gasteiger partial charge in [0.1, 0.15) is 11.5 Å². The second kappa shape index (κ2) is 8.38. The van der Waals surface area contributed by atoms with Crippen molar-refractivity contribution < 1.29 is 14.1 Å². The predicted molar refractivity (Wildman–Crippen MR) is 87.9 cm³/mol. The maximum atomic E-state index is 12.0. The lowest BCUT2D eigenvalue weighted by Crippen LogP contribution is -2.41. The Kier molecular flexibility index (Phi) is 6.22. The summed E-state index contributed by atoms with van der Waals surface area (Å²) in [7, 11) is 1.56. The van der Waals surface area contributed by atoms with Crippen molar-refractivity contribution in [2.45, 2.75) is 18.4 Å². The zero-order chi connectivity index (χ0) is 16.7. The molecule has 0 fully saturated rings. The third-order valence-electron chi connectivity index (χ3n) is 3.02. The molecule has 0 aliphatic heterocycles. The summed E-state index contributed by atoms with van der Waals surface area (Å²) in [6.07, 6.45) is 0. The van der Waals surface area contributed by atoms with Crippen LogP contribution in [0.25, 0.3) is 0 Å². The molecule has 0 aliphatic rings. The van der Waals surface area contributed by atoms with Crippen LogP contribution in [0.5, 0.6) is 0 Å². The van der Waals surface area contributed by atoms with Crippen LogP contribution in [0, 0.1) is 6.92 Å². The predicted octanol–water partition coefficient (Wildman–Crippen LogP) is 1.85. The lowest BCUT2D eigenvalue weighted by atomic mass is 10.3. The monoisotopic (exact) mass is 333 g/mol. The summed E-state index contributed by atoms with van der Waals surface area (Å²) in [5, 5.41) is 6.43. The van der Waals surface area contributed by atoms with Crippen molar-refractivity contribution in [3.63, 3.8) is 0 Å². The molecule has 6 nitrogen and oxygen atoms in total. The Balaban J connectivity index is 1.70. The quantitative estimate of drug-likeness (QED) is 0.496. The van der Waals surface area contributed by atoms with E-state index in [0.717, 1.165) is 4.90 Å². The van der Waals surface area contributed by atoms with Crippen LogP contribution in [0.1, 0.15) is 11.5 Å². The summed E-state index contributed by atoms with van der Waals surface area (Å²) in [4.78, 5) is 26.3. The first kappa shape index (κ1) is 17.1. The van der Waals surface area contributed by atoms with Gasteiger partial charge in [-0.2, -0.15) is 0 Å². The largest absolute Gasteiger partial charge is 0.361 e. The molecular weight excluding hydrogens is 314 g/mol. The topological polar surface area (TPSA) is 75.4 Å². The summed E-state index contributed by atoms with van der Waals surface area (Å²) in [5.74, 6) is 0.176. The molecule has 23 heavy (non-hydrogen) atoms. The Morgan fingerprint density at radius 2 is 2.04 bits per heavy atom. The number of thioether (sulfide) groups is 1. The van der Waals surface area contributed by atoms with Crippen molar-refractivity contribution in [2.75, 3.05) is 19.3 Å². The Labute approximate surface area is 139 Å². The maximum Gasteiger partial charge on any atom is 0.311 e. The van der Waals surface area contributed by atoms with E-state index in [2.05, 4.69) is 10.5 Å². The molecule has 2 rings (SSSR count). The number of likely N-dealkylation sites (N-methyl/N-ethyl adjacent to an activating group) is 1. The Morgan fingerprint density at radius 3 is 2.70 bits per heavy atom. The molecule has 1 aromatic heterocycles. The highest BCUT2D eigenvalue weighted by Crippen LogP contribution is 2.15. The van der Waals surface area contributed by atoms with Crippen molar-refractivity contribution >= 4 is 23.6 Å². The van der Waals surface area contributed by atoms with E-state index in [1.807, 2.05) is 30.3 Å². The van der Waals surface area contributed by atoms with E-state index >= 15 is 0 Å². The number of hydrogen-bond donors (Lipinski definition) is 1. The van der Waals surface area contributed by atoms with Crippen LogP contribution in [0.2, 0.25) is 0 Å². The molecule has 7 heteroatoms. The number of rotatable bonds is 6. The highest BCUT2D eigenvalue weighted by molar-refractivity contribution is 7.99. The summed E-state index contributed by atoms with van der Waals surface area (Å²) >= 11 is 1.63. The highest BCUT2D eigenvalue weighted by atomic mass is 32.2. The van der Waals surface area contributed by atoms with E-state index in [-0.39, 0.29) is 6.54 Å². The van der Waals surface area contributed by atoms with E-state index in [0.29, 0.717) is 23.8 Å². The lowest BCUT2D eigenvalue weighted by molar-refractivity contribution is -0.145. The van der Waals surface area contributed by atoms with Gasteiger partial charge in [-0.1, -0.05) is 23.4 Å². The summed E-state index contributed by atoms with van der Waals surface area (Å²) in [6.45, 7) is 2.44. The van der Waals surface area contributed by atoms with Crippen molar-refractivity contribution in [3.8, 4) is 0 Å². The molecule has 1 heterocycles. The summed E-state index contributed by atoms with van der Waals surface area (Å²) in [6, 6.07) is 11.6. The van der Waals surface area contributed by atoms with Gasteiger partial charge in [-0.3, -0.25) is 9.59 Å². The number of nitrogens with one attached hydrogen (secondary N) is 1. The number of amides is 2. The third-order valence-corrected chi connectivity index (χ3v) is 4.03. The first-order valence-corrected chi connectivity index (χ1v) is 8.18. The summed E-state index contributed by atoms with van der Waals surface area (Å²) < 4.78 is 4.94. The molecule has 122 valence electrons. The molecule has 2 amide bonds. The van der Waals surface area contributed by atoms with Gasteiger partial charge in [0.2, 0.25) is 0 Å². The molecule has 0 aliphatic carbocycles. The van der Waals surface area contributed by atoms with Crippen molar-refractivity contribution in [1.82, 2.24) is 15.4 Å². The normalized spacial score (nSPS) is 10.3. The van der Waals surface area contributed by atoms with E-state index in [1.54, 1.807) is 31.8 Å². The van der Waals surface area contributed by atoms with Gasteiger partial charge < -0.3 is 14.7 Å². The fourth-order valence-electron chi connectivity index (χ4n) is 1.91. The van der Waals surface area contributed by atoms with E-state index in [9.17, 15) is 9.59 Å². The zero-order valence-corrected chi connectivity index (χ0v) is 13.9. The molecule has 0 spiro atoms. The minimum atomic E-state index is -0.610. The Hall–Kier alpha value is -2.28. The van der Waals surface area contributed by atoms with Gasteiger partial charge in [-0.25, -0.2) is 0 Å². The van der Waals surface area contributed by atoms with Crippen LogP contribution in [-0.4, -0.2) is 41.2 Å². The average molecular weight is 333 g/mol. The molecule has 0 radical (unpaired) electrons. The van der Waals surface area contributed by atoms with Gasteiger partial charge in [0.25, 0.3) is 0 Å². The molecule has 0 atom stereocenters. The first-order chi connectivity index (χ1) is 11.1. The van der Waals surface area contributed by atoms with Crippen molar-refractivity contribution in [2.24, 2.45) is 0 Å². The number of aromatic nitrogens is 1. The van der Waals surface area contributed by atoms with Gasteiger partial charge in [0.05, 0.1) is 6.54 Å². The standard InChI is InChI=1S/C16H19N3O3S/c1-12-10-13(18-22-12)11-19(2)16(21)15(20)17-8-9-23-14-6-4-3-5-7-14/h3-7,10H,8-9,11H2,1-2H3,(H,17,20). The van der Waals surface area contributed by atoms with Crippen molar-refractivity contribution in [1.29, 1.82) is 0 Å². The van der Waals surface area contributed by atoms with E-state index in [4.69, 9.17) is 4.52 Å². The van der Waals surface area contributed by atoms with Crippen LogP contribution in [0.4, 0.5) is 0 Å². The fourth-order valence-corrected chi connectivity index (χ4v) is 2.70. The highest BCUT2D eigenvalue weighted by Gasteiger charge is 2.19. The van der Waals surface area contributed by atoms with Crippen LogP contribution in [0.15, 0.2) is 45.8 Å². The minimum absolute atomic E-state index is 0.238. The second-order valence-corrected chi connectivity index (χ2v) is 6.18. The number of aryl methyl sites for hydroxylation is 1. The van der Waals surface area contributed by atoms with Gasteiger partial charge in [0, 0.05) is 30.3 Å². The number of carbonyl (C=O) groups excluding carboxylic acids is 2. The Morgan fingerprint density at radius 1 is 1.30 bits per heavy atom. The van der Waals surface area contributed by atoms with Crippen molar-refractivity contribution in [3.05, 3.63) is 47.9 Å². The molecule has 0 saturated carbocycles. The molecule has 0 bridgehead atoms. The number of nitrogens with zero attached hydrogens (tertiary/aromatic N) is 2. The third kappa shape index (κ3) is 5.45. The second-order valence-electron chi connectivity index (χ2n) is 5.01. The number of hydrogen-bond acceptors (Lipinski definition) is 5. The van der Waals surface area contributed by atoms with Gasteiger partial charge in [0.15, 0.2) is 0 Å². The zero-order valence-electron chi connectivity index (χ0n) is 13.1. The molecule has 1 aromatic carbocycles. The van der Waals surface area contributed by atoms with Gasteiger partial charge in [-0.15, -0.1) is 11.8 Å². The molecular formula is C16H19N3O3S. The SMILES string of the molecule is Cc1cc(CN(C)C(=O)C(=O)NCCSc2ccccc2)no1. The Bertz CT molecular complexity index is 658. The molecule has 1 N–H and O–H groups in total. The van der Waals surface area contributed by atoms with Crippen LogP contribution in [-0.2, 0) is 16.1 Å². The smallest absolute Gasteiger partial charge is 0.311 e. The number of benzene rings is 1. The van der Waals surface area contributed by atoms with Gasteiger partial charge in [-0.05, 0) is 19.1 Å². The van der Waals surface area contributed by atoms with Crippen LogP contribution >= 0.6 is 11.8 Å².